The molecule has 6 aliphatic rings. The molecule has 0 radical (unpaired) electrons. The summed E-state index contributed by atoms with van der Waals surface area (Å²) in [4.78, 5) is 47.1. The van der Waals surface area contributed by atoms with Crippen molar-refractivity contribution in [3.05, 3.63) is 118 Å². The molecule has 0 spiro atoms. The Morgan fingerprint density at radius 2 is 1.10 bits per heavy atom. The fourth-order valence-electron chi connectivity index (χ4n) is 11.2. The van der Waals surface area contributed by atoms with Crippen LogP contribution < -0.4 is 9.47 Å². The lowest BCUT2D eigenvalue weighted by Crippen LogP contribution is -2.65. The lowest BCUT2D eigenvalue weighted by Gasteiger charge is -2.55. The number of benzene rings is 2. The molecule has 0 unspecified atom stereocenters. The molecule has 0 saturated carbocycles. The minimum atomic E-state index is -2.53. The van der Waals surface area contributed by atoms with E-state index in [1.54, 1.807) is 0 Å². The van der Waals surface area contributed by atoms with Crippen LogP contribution >= 0.6 is 47.0 Å². The fraction of sp³-hybridized carbons (Fsp3) is 0.590. The highest BCUT2D eigenvalue weighted by molar-refractivity contribution is 8.17. The average Bonchev–Trinajstić information content (AvgIpc) is 4.14. The maximum atomic E-state index is 15.0. The van der Waals surface area contributed by atoms with Crippen molar-refractivity contribution in [3.8, 4) is 11.8 Å². The van der Waals surface area contributed by atoms with Gasteiger partial charge in [-0.05, 0) is 159 Å². The monoisotopic (exact) mass is 1200 g/mol. The SMILES string of the molecule is C1CSCSC1.CC1=C[C@@H](C2SCCCS2)C[C@H]2[C@H](N(C)C)c3onc(OCc4ccccc4)c3C(=O)[C@@]12O[Si](C)(C)C(C)(C)C.CN(C)[C@@H]1c2onc(OCc3ccccc3)c2C(=O)[C@@]2(O[Si](C)(C)C(C)(C)C)C(=O)C=CC[C@@H]12. The maximum Gasteiger partial charge on any atom is 0.265 e. The van der Waals surface area contributed by atoms with E-state index in [1.807, 2.05) is 85.7 Å². The number of aromatic nitrogens is 2. The van der Waals surface area contributed by atoms with Gasteiger partial charge in [0, 0.05) is 16.9 Å². The highest BCUT2D eigenvalue weighted by Gasteiger charge is 2.66. The average molecular weight is 1200 g/mol. The summed E-state index contributed by atoms with van der Waals surface area (Å²) in [7, 11) is 3.04. The van der Waals surface area contributed by atoms with E-state index in [4.69, 9.17) is 27.4 Å². The maximum absolute atomic E-state index is 15.0. The van der Waals surface area contributed by atoms with Crippen LogP contribution in [0.25, 0.3) is 0 Å². The van der Waals surface area contributed by atoms with Crippen molar-refractivity contribution in [3.63, 3.8) is 0 Å². The summed E-state index contributed by atoms with van der Waals surface area (Å²) in [5.41, 5.74) is 0.926. The second kappa shape index (κ2) is 25.5. The highest BCUT2D eigenvalue weighted by Crippen LogP contribution is 2.59. The van der Waals surface area contributed by atoms with Gasteiger partial charge in [-0.25, -0.2) is 0 Å². The molecule has 4 aliphatic carbocycles. The largest absolute Gasteiger partial charge is 0.470 e. The Kier molecular flexibility index (Phi) is 19.9. The zero-order valence-corrected chi connectivity index (χ0v) is 55.1. The Bertz CT molecular complexity index is 2840. The number of ketones is 3. The Hall–Kier alpha value is -3.38. The topological polar surface area (TPSA) is 147 Å². The second-order valence-corrected chi connectivity index (χ2v) is 40.2. The zero-order valence-electron chi connectivity index (χ0n) is 49.8. The molecule has 2 aromatic heterocycles. The van der Waals surface area contributed by atoms with Gasteiger partial charge >= 0.3 is 0 Å². The normalized spacial score (nSPS) is 26.2. The summed E-state index contributed by atoms with van der Waals surface area (Å²) in [6, 6.07) is 19.1. The number of hydrogen-bond acceptors (Lipinski definition) is 17. The Morgan fingerprint density at radius 3 is 1.54 bits per heavy atom. The summed E-state index contributed by atoms with van der Waals surface area (Å²) >= 11 is 8.24. The molecule has 2 aromatic carbocycles. The third-order valence-corrected chi connectivity index (χ3v) is 32.0. The molecule has 13 nitrogen and oxygen atoms in total. The third kappa shape index (κ3) is 12.7. The van der Waals surface area contributed by atoms with Crippen molar-refractivity contribution in [1.29, 1.82) is 0 Å². The lowest BCUT2D eigenvalue weighted by atomic mass is 9.61. The molecule has 7 atom stereocenters. The minimum Gasteiger partial charge on any atom is -0.470 e. The molecule has 4 heterocycles. The van der Waals surface area contributed by atoms with Crippen LogP contribution in [-0.4, -0.2) is 126 Å². The highest BCUT2D eigenvalue weighted by atomic mass is 32.2. The Morgan fingerprint density at radius 1 is 0.650 bits per heavy atom. The van der Waals surface area contributed by atoms with Crippen molar-refractivity contribution >= 4 is 81.0 Å². The van der Waals surface area contributed by atoms with Crippen molar-refractivity contribution in [1.82, 2.24) is 20.1 Å². The van der Waals surface area contributed by atoms with Gasteiger partial charge in [0.2, 0.25) is 11.6 Å². The van der Waals surface area contributed by atoms with Crippen LogP contribution in [0.3, 0.4) is 0 Å². The predicted molar refractivity (Wildman–Crippen MR) is 333 cm³/mol. The van der Waals surface area contributed by atoms with Gasteiger partial charge in [-0.15, -0.1) is 23.5 Å². The molecule has 10 rings (SSSR count). The Labute approximate surface area is 495 Å². The number of nitrogens with zero attached hydrogens (tertiary/aromatic N) is 4. The van der Waals surface area contributed by atoms with E-state index in [2.05, 4.69) is 157 Å². The predicted octanol–water partition coefficient (Wildman–Crippen LogP) is 14.4. The third-order valence-electron chi connectivity index (χ3n) is 17.4. The van der Waals surface area contributed by atoms with Gasteiger partial charge in [0.05, 0.1) is 16.7 Å². The molecule has 2 saturated heterocycles. The van der Waals surface area contributed by atoms with Crippen LogP contribution in [0.5, 0.6) is 11.8 Å². The van der Waals surface area contributed by atoms with Crippen LogP contribution in [0.15, 0.2) is 93.5 Å². The molecule has 2 fully saturated rings. The van der Waals surface area contributed by atoms with Gasteiger partial charge in [-0.1, -0.05) is 114 Å². The summed E-state index contributed by atoms with van der Waals surface area (Å²) in [6.45, 7) is 24.3. The van der Waals surface area contributed by atoms with Gasteiger partial charge in [-0.2, -0.15) is 23.5 Å². The molecule has 4 aromatic rings. The quantitative estimate of drug-likeness (QED) is 0.0710. The number of hydrogen-bond donors (Lipinski definition) is 0. The van der Waals surface area contributed by atoms with E-state index in [9.17, 15) is 14.4 Å². The first kappa shape index (κ1) is 62.7. The van der Waals surface area contributed by atoms with Crippen molar-refractivity contribution in [2.24, 2.45) is 17.8 Å². The van der Waals surface area contributed by atoms with Crippen LogP contribution in [0.4, 0.5) is 0 Å². The Balaban J connectivity index is 0.000000192. The van der Waals surface area contributed by atoms with Gasteiger partial charge in [0.25, 0.3) is 11.8 Å². The summed E-state index contributed by atoms with van der Waals surface area (Å²) < 4.78 is 38.6. The first-order valence-corrected chi connectivity index (χ1v) is 38.4. The summed E-state index contributed by atoms with van der Waals surface area (Å²) in [5, 5.41) is 9.56. The van der Waals surface area contributed by atoms with Crippen LogP contribution in [0.1, 0.15) is 130 Å². The van der Waals surface area contributed by atoms with E-state index < -0.39 is 39.5 Å². The van der Waals surface area contributed by atoms with Gasteiger partial charge < -0.3 is 27.4 Å². The van der Waals surface area contributed by atoms with Crippen molar-refractivity contribution in [2.75, 3.05) is 56.3 Å². The lowest BCUT2D eigenvalue weighted by molar-refractivity contribution is -0.135. The molecule has 0 bridgehead atoms. The smallest absolute Gasteiger partial charge is 0.265 e. The van der Waals surface area contributed by atoms with E-state index in [-0.39, 0.29) is 63.6 Å². The van der Waals surface area contributed by atoms with Gasteiger partial charge in [0.15, 0.2) is 39.5 Å². The van der Waals surface area contributed by atoms with E-state index >= 15 is 0 Å². The molecular weight excluding hydrogens is 1120 g/mol. The van der Waals surface area contributed by atoms with Crippen molar-refractivity contribution in [2.45, 2.75) is 151 Å². The first-order valence-electron chi connectivity index (χ1n) is 28.2. The number of thioether (sulfide) groups is 4. The molecule has 19 heteroatoms. The fourth-order valence-corrected chi connectivity index (χ4v) is 19.6. The summed E-state index contributed by atoms with van der Waals surface area (Å²) in [5.74, 6) is 5.66. The number of Topliss-reactive ketones (excluding diaryl/α,β-unsaturated/α-hetero) is 2. The number of carbonyl (C=O) groups excluding carboxylic acids is 3. The molecule has 436 valence electrons. The second-order valence-electron chi connectivity index (χ2n) is 25.4. The number of rotatable bonds is 13. The first-order chi connectivity index (χ1) is 37.8. The van der Waals surface area contributed by atoms with Crippen LogP contribution in [-0.2, 0) is 26.9 Å². The standard InChI is InChI=1S/C31H44N2O4S2Si.C26H34N2O5Si.C4H8S2/c1-20-17-22(29-38-15-12-16-39-29)18-23-25(33(5)6)26-24(27(34)31(20,23)37-40(7,8)30(2,3)4)28(32-36-26)35-19-21-13-10-9-11-14-21;1-25(2,3)34(6,7)33-26-18(14-11-15-19(26)29)21(28(4)5)22-20(23(26)30)24(27-32-22)31-16-17-12-9-8-10-13-17;1-2-5-4-6-3-1/h9-11,13-14,17,22-23,25,29H,12,15-16,18-19H2,1-8H3;8-13,15,18,21H,14,16H2,1-7H3;1-4H2/t22-,23+,25+,31-;18-,21-,26-;/m10./s1. The van der Waals surface area contributed by atoms with E-state index in [0.29, 0.717) is 40.6 Å². The minimum absolute atomic E-state index is 0.0594. The van der Waals surface area contributed by atoms with E-state index in [1.165, 1.54) is 47.0 Å². The van der Waals surface area contributed by atoms with Crippen LogP contribution in [0.2, 0.25) is 36.3 Å². The number of ether oxygens (including phenoxy) is 2. The molecule has 80 heavy (non-hydrogen) atoms. The number of allylic oxidation sites excluding steroid dienone is 2. The number of fused-ring (bicyclic) bond motifs is 4. The molecule has 0 amide bonds. The van der Waals surface area contributed by atoms with Gasteiger partial charge in [0.1, 0.15) is 29.9 Å². The molecule has 2 aliphatic heterocycles. The molecule has 0 N–H and O–H groups in total. The summed E-state index contributed by atoms with van der Waals surface area (Å²) in [6.07, 6.45) is 9.77. The van der Waals surface area contributed by atoms with Gasteiger partial charge in [-0.3, -0.25) is 24.2 Å². The zero-order chi connectivity index (χ0) is 58.0. The van der Waals surface area contributed by atoms with E-state index in [0.717, 1.165) is 23.1 Å². The molecular formula is C61H86N4O9S4Si2. The van der Waals surface area contributed by atoms with Crippen molar-refractivity contribution < 1.29 is 41.8 Å². The van der Waals surface area contributed by atoms with Crippen LogP contribution in [0, 0.1) is 17.8 Å². The number of carbonyl (C=O) groups is 3.